The molecule has 1 aromatic carbocycles. The van der Waals surface area contributed by atoms with Crippen LogP contribution in [-0.4, -0.2) is 86.2 Å². The van der Waals surface area contributed by atoms with Crippen LogP contribution in [0.2, 0.25) is 0 Å². The molecule has 0 aliphatic carbocycles. The quantitative estimate of drug-likeness (QED) is 0.245. The van der Waals surface area contributed by atoms with E-state index in [1.54, 1.807) is 12.0 Å². The van der Waals surface area contributed by atoms with Crippen LogP contribution in [0, 0.1) is 0 Å². The second kappa shape index (κ2) is 16.5. The van der Waals surface area contributed by atoms with Crippen molar-refractivity contribution in [3.05, 3.63) is 29.8 Å². The molecule has 1 aliphatic rings. The van der Waals surface area contributed by atoms with Crippen LogP contribution in [0.25, 0.3) is 0 Å². The third-order valence-corrected chi connectivity index (χ3v) is 6.15. The molecule has 1 aromatic rings. The highest BCUT2D eigenvalue weighted by Gasteiger charge is 2.24. The van der Waals surface area contributed by atoms with Gasteiger partial charge in [0.15, 0.2) is 0 Å². The smallest absolute Gasteiger partial charge is 0.306 e. The molecule has 1 heterocycles. The first-order valence-electron chi connectivity index (χ1n) is 12.8. The monoisotopic (exact) mass is 520 g/mol. The van der Waals surface area contributed by atoms with Gasteiger partial charge in [-0.05, 0) is 43.4 Å². The number of nitrogens with one attached hydrogen (secondary N) is 3. The Morgan fingerprint density at radius 1 is 1.03 bits per heavy atom. The van der Waals surface area contributed by atoms with Crippen LogP contribution >= 0.6 is 0 Å². The van der Waals surface area contributed by atoms with Gasteiger partial charge in [0.1, 0.15) is 11.8 Å². The SMILES string of the molecule is COC(=O)CCC(=O)NC(CCC(=O)N1CCCCC1)C(=O)NCC(O)CNCc1cccc(OC)c1. The number of aliphatic hydroxyl groups is 1. The van der Waals surface area contributed by atoms with Crippen LogP contribution in [0.1, 0.15) is 50.5 Å². The molecule has 0 bridgehead atoms. The van der Waals surface area contributed by atoms with Crippen molar-refractivity contribution in [3.63, 3.8) is 0 Å². The molecule has 2 rings (SSSR count). The molecule has 11 heteroatoms. The highest BCUT2D eigenvalue weighted by molar-refractivity contribution is 5.89. The van der Waals surface area contributed by atoms with Crippen LogP contribution in [0.3, 0.4) is 0 Å². The molecule has 0 radical (unpaired) electrons. The summed E-state index contributed by atoms with van der Waals surface area (Å²) >= 11 is 0. The van der Waals surface area contributed by atoms with Gasteiger partial charge >= 0.3 is 5.97 Å². The third kappa shape index (κ3) is 11.6. The van der Waals surface area contributed by atoms with Gasteiger partial charge in [-0.1, -0.05) is 12.1 Å². The van der Waals surface area contributed by atoms with Crippen molar-refractivity contribution in [1.29, 1.82) is 0 Å². The number of benzene rings is 1. The van der Waals surface area contributed by atoms with E-state index in [0.29, 0.717) is 19.6 Å². The summed E-state index contributed by atoms with van der Waals surface area (Å²) in [5, 5.41) is 18.7. The Balaban J connectivity index is 1.83. The zero-order chi connectivity index (χ0) is 27.0. The van der Waals surface area contributed by atoms with Gasteiger partial charge in [-0.25, -0.2) is 0 Å². The summed E-state index contributed by atoms with van der Waals surface area (Å²) in [7, 11) is 2.83. The average molecular weight is 521 g/mol. The van der Waals surface area contributed by atoms with E-state index in [0.717, 1.165) is 30.6 Å². The fraction of sp³-hybridized carbons (Fsp3) is 0.615. The molecule has 37 heavy (non-hydrogen) atoms. The summed E-state index contributed by atoms with van der Waals surface area (Å²) in [6, 6.07) is 6.58. The first-order chi connectivity index (χ1) is 17.8. The number of likely N-dealkylation sites (tertiary alicyclic amines) is 1. The average Bonchev–Trinajstić information content (AvgIpc) is 2.92. The Labute approximate surface area is 218 Å². The van der Waals surface area contributed by atoms with Crippen LogP contribution in [-0.2, 0) is 30.5 Å². The maximum atomic E-state index is 12.8. The van der Waals surface area contributed by atoms with Crippen molar-refractivity contribution >= 4 is 23.7 Å². The Bertz CT molecular complexity index is 889. The number of hydrogen-bond acceptors (Lipinski definition) is 8. The summed E-state index contributed by atoms with van der Waals surface area (Å²) in [4.78, 5) is 50.9. The third-order valence-electron chi connectivity index (χ3n) is 6.15. The summed E-state index contributed by atoms with van der Waals surface area (Å²) < 4.78 is 9.75. The van der Waals surface area contributed by atoms with Crippen LogP contribution in [0.5, 0.6) is 5.75 Å². The van der Waals surface area contributed by atoms with E-state index in [9.17, 15) is 24.3 Å². The van der Waals surface area contributed by atoms with Crippen molar-refractivity contribution in [2.45, 2.75) is 63.6 Å². The fourth-order valence-electron chi connectivity index (χ4n) is 4.00. The van der Waals surface area contributed by atoms with E-state index in [1.165, 1.54) is 7.11 Å². The van der Waals surface area contributed by atoms with Gasteiger partial charge in [0.2, 0.25) is 17.7 Å². The minimum atomic E-state index is -0.962. The van der Waals surface area contributed by atoms with Crippen LogP contribution < -0.4 is 20.7 Å². The standard InChI is InChI=1S/C26H40N4O7/c1-36-21-8-6-7-19(15-21)16-27-17-20(31)18-28-26(35)22(29-23(32)10-12-25(34)37-2)9-11-24(33)30-13-4-3-5-14-30/h6-8,15,20,22,27,31H,3-5,9-14,16-18H2,1-2H3,(H,28,35)(H,29,32). The van der Waals surface area contributed by atoms with Gasteiger partial charge in [-0.2, -0.15) is 0 Å². The molecule has 1 aliphatic heterocycles. The molecule has 3 amide bonds. The molecule has 1 fully saturated rings. The maximum absolute atomic E-state index is 12.8. The largest absolute Gasteiger partial charge is 0.497 e. The van der Waals surface area contributed by atoms with E-state index in [4.69, 9.17) is 4.74 Å². The van der Waals surface area contributed by atoms with Crippen molar-refractivity contribution in [3.8, 4) is 5.75 Å². The van der Waals surface area contributed by atoms with Gasteiger partial charge in [0.05, 0.1) is 26.7 Å². The molecule has 0 saturated carbocycles. The zero-order valence-electron chi connectivity index (χ0n) is 21.8. The molecule has 0 aromatic heterocycles. The maximum Gasteiger partial charge on any atom is 0.306 e. The lowest BCUT2D eigenvalue weighted by Gasteiger charge is -2.27. The van der Waals surface area contributed by atoms with Crippen molar-refractivity contribution in [1.82, 2.24) is 20.9 Å². The Morgan fingerprint density at radius 3 is 2.49 bits per heavy atom. The predicted octanol–water partition coefficient (Wildman–Crippen LogP) is 0.493. The number of methoxy groups -OCH3 is 2. The summed E-state index contributed by atoms with van der Waals surface area (Å²) in [5.74, 6) is -0.823. The predicted molar refractivity (Wildman–Crippen MR) is 137 cm³/mol. The first kappa shape index (κ1) is 30.0. The lowest BCUT2D eigenvalue weighted by molar-refractivity contribution is -0.142. The number of aliphatic hydroxyl groups excluding tert-OH is 1. The molecule has 4 N–H and O–H groups in total. The Morgan fingerprint density at radius 2 is 1.78 bits per heavy atom. The van der Waals surface area contributed by atoms with Crippen molar-refractivity contribution in [2.75, 3.05) is 40.4 Å². The number of esters is 1. The van der Waals surface area contributed by atoms with Gasteiger partial charge in [-0.3, -0.25) is 19.2 Å². The normalized spacial score (nSPS) is 14.8. The summed E-state index contributed by atoms with van der Waals surface area (Å²) in [6.07, 6.45) is 2.15. The summed E-state index contributed by atoms with van der Waals surface area (Å²) in [6.45, 7) is 2.13. The number of piperidine rings is 1. The highest BCUT2D eigenvalue weighted by atomic mass is 16.5. The molecule has 0 spiro atoms. The van der Waals surface area contributed by atoms with E-state index in [-0.39, 0.29) is 44.7 Å². The molecule has 1 saturated heterocycles. The lowest BCUT2D eigenvalue weighted by Crippen LogP contribution is -2.49. The second-order valence-corrected chi connectivity index (χ2v) is 9.06. The van der Waals surface area contributed by atoms with Crippen LogP contribution in [0.15, 0.2) is 24.3 Å². The molecule has 206 valence electrons. The topological polar surface area (TPSA) is 146 Å². The number of amides is 3. The molecular weight excluding hydrogens is 480 g/mol. The number of rotatable bonds is 15. The van der Waals surface area contributed by atoms with Gasteiger partial charge in [0, 0.05) is 45.6 Å². The zero-order valence-corrected chi connectivity index (χ0v) is 21.8. The van der Waals surface area contributed by atoms with E-state index >= 15 is 0 Å². The van der Waals surface area contributed by atoms with Gasteiger partial charge in [0.25, 0.3) is 0 Å². The number of hydrogen-bond donors (Lipinski definition) is 4. The highest BCUT2D eigenvalue weighted by Crippen LogP contribution is 2.13. The van der Waals surface area contributed by atoms with Crippen LogP contribution in [0.4, 0.5) is 0 Å². The molecular formula is C26H40N4O7. The number of carbonyl (C=O) groups excluding carboxylic acids is 4. The minimum Gasteiger partial charge on any atom is -0.497 e. The number of ether oxygens (including phenoxy) is 2. The van der Waals surface area contributed by atoms with E-state index < -0.39 is 29.9 Å². The van der Waals surface area contributed by atoms with E-state index in [2.05, 4.69) is 20.7 Å². The first-order valence-corrected chi connectivity index (χ1v) is 12.8. The molecule has 11 nitrogen and oxygen atoms in total. The minimum absolute atomic E-state index is 0.0292. The van der Waals surface area contributed by atoms with Crippen molar-refractivity contribution in [2.24, 2.45) is 0 Å². The number of nitrogens with zero attached hydrogens (tertiary/aromatic N) is 1. The van der Waals surface area contributed by atoms with E-state index in [1.807, 2.05) is 24.3 Å². The van der Waals surface area contributed by atoms with Crippen molar-refractivity contribution < 1.29 is 33.8 Å². The van der Waals surface area contributed by atoms with Gasteiger partial charge in [-0.15, -0.1) is 0 Å². The van der Waals surface area contributed by atoms with Gasteiger partial charge < -0.3 is 35.4 Å². The summed E-state index contributed by atoms with van der Waals surface area (Å²) in [5.41, 5.74) is 0.990. The number of carbonyl (C=O) groups is 4. The Kier molecular flexibility index (Phi) is 13.4. The molecule has 2 unspecified atom stereocenters. The lowest BCUT2D eigenvalue weighted by atomic mass is 10.1. The molecule has 2 atom stereocenters. The Hall–Kier alpha value is -3.18. The second-order valence-electron chi connectivity index (χ2n) is 9.06. The fourth-order valence-corrected chi connectivity index (χ4v) is 4.00.